The molecule has 1 N–H and O–H groups in total. The SMILES string of the molecule is CCCc1cc(C(C)(C)C)c(C(=O)O)c(C(C)(C)C)c1. The number of hydrogen-bond donors (Lipinski definition) is 1. The fourth-order valence-corrected chi connectivity index (χ4v) is 2.55. The summed E-state index contributed by atoms with van der Waals surface area (Å²) in [5, 5.41) is 9.69. The first-order valence-corrected chi connectivity index (χ1v) is 7.39. The molecule has 0 aromatic heterocycles. The molecule has 2 heteroatoms. The van der Waals surface area contributed by atoms with Crippen LogP contribution < -0.4 is 0 Å². The second-order valence-electron chi connectivity index (χ2n) is 7.62. The average Bonchev–Trinajstić information content (AvgIpc) is 2.25. The molecule has 2 nitrogen and oxygen atoms in total. The largest absolute Gasteiger partial charge is 0.478 e. The monoisotopic (exact) mass is 276 g/mol. The van der Waals surface area contributed by atoms with E-state index in [1.165, 1.54) is 5.56 Å². The summed E-state index contributed by atoms with van der Waals surface area (Å²) in [7, 11) is 0. The molecule has 0 fully saturated rings. The van der Waals surface area contributed by atoms with Crippen LogP contribution in [0.5, 0.6) is 0 Å². The number of carboxylic acids is 1. The van der Waals surface area contributed by atoms with Crippen molar-refractivity contribution in [3.05, 3.63) is 34.4 Å². The highest BCUT2D eigenvalue weighted by Crippen LogP contribution is 2.35. The van der Waals surface area contributed by atoms with Crippen LogP contribution in [-0.4, -0.2) is 11.1 Å². The highest BCUT2D eigenvalue weighted by atomic mass is 16.4. The first-order chi connectivity index (χ1) is 8.98. The molecule has 0 radical (unpaired) electrons. The second kappa shape index (κ2) is 5.59. The molecular formula is C18H28O2. The number of rotatable bonds is 3. The molecule has 0 aliphatic carbocycles. The van der Waals surface area contributed by atoms with Crippen LogP contribution in [0.1, 0.15) is 81.9 Å². The van der Waals surface area contributed by atoms with Gasteiger partial charge in [-0.2, -0.15) is 0 Å². The van der Waals surface area contributed by atoms with Gasteiger partial charge in [0.2, 0.25) is 0 Å². The van der Waals surface area contributed by atoms with Gasteiger partial charge in [0.1, 0.15) is 0 Å². The fraction of sp³-hybridized carbons (Fsp3) is 0.611. The molecule has 0 heterocycles. The highest BCUT2D eigenvalue weighted by Gasteiger charge is 2.29. The van der Waals surface area contributed by atoms with E-state index in [4.69, 9.17) is 0 Å². The summed E-state index contributed by atoms with van der Waals surface area (Å²) >= 11 is 0. The quantitative estimate of drug-likeness (QED) is 0.849. The number of aryl methyl sites for hydroxylation is 1. The van der Waals surface area contributed by atoms with Gasteiger partial charge in [0.25, 0.3) is 0 Å². The van der Waals surface area contributed by atoms with Crippen molar-refractivity contribution >= 4 is 5.97 Å². The van der Waals surface area contributed by atoms with Crippen molar-refractivity contribution in [1.29, 1.82) is 0 Å². The fourth-order valence-electron chi connectivity index (χ4n) is 2.55. The Morgan fingerprint density at radius 3 is 1.65 bits per heavy atom. The van der Waals surface area contributed by atoms with Gasteiger partial charge >= 0.3 is 5.97 Å². The Balaban J connectivity index is 3.72. The van der Waals surface area contributed by atoms with Gasteiger partial charge in [-0.05, 0) is 33.9 Å². The van der Waals surface area contributed by atoms with Gasteiger partial charge in [-0.15, -0.1) is 0 Å². The minimum absolute atomic E-state index is 0.169. The first-order valence-electron chi connectivity index (χ1n) is 7.39. The zero-order valence-corrected chi connectivity index (χ0v) is 13.9. The maximum absolute atomic E-state index is 11.8. The van der Waals surface area contributed by atoms with E-state index in [1.54, 1.807) is 0 Å². The number of hydrogen-bond acceptors (Lipinski definition) is 1. The lowest BCUT2D eigenvalue weighted by Crippen LogP contribution is -2.24. The number of carbonyl (C=O) groups is 1. The summed E-state index contributed by atoms with van der Waals surface area (Å²) in [5.41, 5.74) is 3.29. The molecule has 0 unspecified atom stereocenters. The molecule has 1 rings (SSSR count). The van der Waals surface area contributed by atoms with Crippen LogP contribution in [0.2, 0.25) is 0 Å². The van der Waals surface area contributed by atoms with Gasteiger partial charge < -0.3 is 5.11 Å². The van der Waals surface area contributed by atoms with Crippen LogP contribution in [0.3, 0.4) is 0 Å². The molecule has 0 bridgehead atoms. The van der Waals surface area contributed by atoms with E-state index >= 15 is 0 Å². The van der Waals surface area contributed by atoms with Crippen molar-refractivity contribution in [2.24, 2.45) is 0 Å². The topological polar surface area (TPSA) is 37.3 Å². The number of aromatic carboxylic acids is 1. The average molecular weight is 276 g/mol. The zero-order valence-electron chi connectivity index (χ0n) is 13.9. The lowest BCUT2D eigenvalue weighted by atomic mass is 9.75. The third kappa shape index (κ3) is 3.62. The normalized spacial score (nSPS) is 12.6. The van der Waals surface area contributed by atoms with Crippen molar-refractivity contribution in [3.63, 3.8) is 0 Å². The van der Waals surface area contributed by atoms with Gasteiger partial charge in [0.05, 0.1) is 5.56 Å². The molecule has 0 spiro atoms. The summed E-state index contributed by atoms with van der Waals surface area (Å²) in [5.74, 6) is -0.817. The maximum atomic E-state index is 11.8. The van der Waals surface area contributed by atoms with E-state index in [2.05, 4.69) is 60.6 Å². The first kappa shape index (κ1) is 16.7. The van der Waals surface area contributed by atoms with Crippen LogP contribution in [-0.2, 0) is 17.3 Å². The van der Waals surface area contributed by atoms with Gasteiger partial charge in [-0.25, -0.2) is 4.79 Å². The zero-order chi connectivity index (χ0) is 15.7. The van der Waals surface area contributed by atoms with Gasteiger partial charge in [0.15, 0.2) is 0 Å². The third-order valence-electron chi connectivity index (χ3n) is 3.57. The van der Waals surface area contributed by atoms with Crippen LogP contribution in [0, 0.1) is 0 Å². The molecule has 0 aliphatic heterocycles. The van der Waals surface area contributed by atoms with Crippen LogP contribution in [0.15, 0.2) is 12.1 Å². The summed E-state index contributed by atoms with van der Waals surface area (Å²) in [6, 6.07) is 4.17. The van der Waals surface area contributed by atoms with Gasteiger partial charge in [-0.1, -0.05) is 67.0 Å². The Hall–Kier alpha value is -1.31. The van der Waals surface area contributed by atoms with Crippen molar-refractivity contribution in [2.45, 2.75) is 72.1 Å². The number of carboxylic acid groups (broad SMARTS) is 1. The Morgan fingerprint density at radius 2 is 1.40 bits per heavy atom. The predicted octanol–water partition coefficient (Wildman–Crippen LogP) is 4.93. The smallest absolute Gasteiger partial charge is 0.336 e. The highest BCUT2D eigenvalue weighted by molar-refractivity contribution is 5.92. The minimum Gasteiger partial charge on any atom is -0.478 e. The summed E-state index contributed by atoms with van der Waals surface area (Å²) in [6.45, 7) is 14.6. The standard InChI is InChI=1S/C18H28O2/c1-8-9-12-10-13(17(2,3)4)15(16(19)20)14(11-12)18(5,6)7/h10-11H,8-9H2,1-7H3,(H,19,20). The Labute approximate surface area is 123 Å². The Bertz CT molecular complexity index is 464. The lowest BCUT2D eigenvalue weighted by molar-refractivity contribution is 0.0691. The van der Waals surface area contributed by atoms with E-state index in [9.17, 15) is 9.90 Å². The van der Waals surface area contributed by atoms with Crippen molar-refractivity contribution in [1.82, 2.24) is 0 Å². The molecule has 112 valence electrons. The molecule has 20 heavy (non-hydrogen) atoms. The van der Waals surface area contributed by atoms with Gasteiger partial charge in [-0.3, -0.25) is 0 Å². The van der Waals surface area contributed by atoms with Crippen molar-refractivity contribution in [2.75, 3.05) is 0 Å². The molecule has 0 aliphatic rings. The summed E-state index contributed by atoms with van der Waals surface area (Å²) in [6.07, 6.45) is 2.06. The van der Waals surface area contributed by atoms with E-state index in [-0.39, 0.29) is 10.8 Å². The van der Waals surface area contributed by atoms with E-state index in [0.29, 0.717) is 5.56 Å². The molecule has 0 saturated carbocycles. The van der Waals surface area contributed by atoms with Crippen LogP contribution in [0.25, 0.3) is 0 Å². The van der Waals surface area contributed by atoms with Crippen LogP contribution >= 0.6 is 0 Å². The van der Waals surface area contributed by atoms with Gasteiger partial charge in [0, 0.05) is 0 Å². The molecule has 0 amide bonds. The number of benzene rings is 1. The molecule has 0 saturated heterocycles. The molecular weight excluding hydrogens is 248 g/mol. The van der Waals surface area contributed by atoms with E-state index in [0.717, 1.165) is 24.0 Å². The Kier molecular flexibility index (Phi) is 4.68. The van der Waals surface area contributed by atoms with Crippen molar-refractivity contribution in [3.8, 4) is 0 Å². The lowest BCUT2D eigenvalue weighted by Gasteiger charge is -2.29. The Morgan fingerprint density at radius 1 is 1.00 bits per heavy atom. The van der Waals surface area contributed by atoms with E-state index < -0.39 is 5.97 Å². The van der Waals surface area contributed by atoms with Crippen LogP contribution in [0.4, 0.5) is 0 Å². The molecule has 0 atom stereocenters. The molecule has 1 aromatic rings. The second-order valence-corrected chi connectivity index (χ2v) is 7.62. The maximum Gasteiger partial charge on any atom is 0.336 e. The minimum atomic E-state index is -0.817. The summed E-state index contributed by atoms with van der Waals surface area (Å²) < 4.78 is 0. The summed E-state index contributed by atoms with van der Waals surface area (Å²) in [4.78, 5) is 11.8. The predicted molar refractivity (Wildman–Crippen MR) is 84.8 cm³/mol. The third-order valence-corrected chi connectivity index (χ3v) is 3.57. The van der Waals surface area contributed by atoms with E-state index in [1.807, 2.05) is 0 Å². The molecule has 1 aromatic carbocycles. The van der Waals surface area contributed by atoms with Crippen molar-refractivity contribution < 1.29 is 9.90 Å².